The molecule has 2 heterocycles. The Morgan fingerprint density at radius 2 is 1.81 bits per heavy atom. The summed E-state index contributed by atoms with van der Waals surface area (Å²) in [5, 5.41) is 0.877. The zero-order valence-electron chi connectivity index (χ0n) is 19.0. The fraction of sp³-hybridized carbons (Fsp3) is 0.591. The molecule has 9 heteroatoms. The van der Waals surface area contributed by atoms with E-state index in [2.05, 4.69) is 14.9 Å². The Bertz CT molecular complexity index is 891. The zero-order chi connectivity index (χ0) is 22.4. The molecule has 1 fully saturated rings. The van der Waals surface area contributed by atoms with Gasteiger partial charge >= 0.3 is 6.09 Å². The molecule has 0 bridgehead atoms. The second kappa shape index (κ2) is 10.00. The highest BCUT2D eigenvalue weighted by atomic mass is 16.6. The first-order valence-corrected chi connectivity index (χ1v) is 10.6. The Morgan fingerprint density at radius 3 is 2.45 bits per heavy atom. The molecule has 0 spiro atoms. The third kappa shape index (κ3) is 5.88. The lowest BCUT2D eigenvalue weighted by Crippen LogP contribution is -2.50. The number of hydrogen-bond acceptors (Lipinski definition) is 8. The second-order valence-electron chi connectivity index (χ2n) is 8.22. The number of methoxy groups -OCH3 is 1. The largest absolute Gasteiger partial charge is 0.493 e. The van der Waals surface area contributed by atoms with Crippen molar-refractivity contribution < 1.29 is 23.7 Å². The summed E-state index contributed by atoms with van der Waals surface area (Å²) in [7, 11) is 1.61. The number of carbonyl (C=O) groups is 1. The van der Waals surface area contributed by atoms with Gasteiger partial charge in [0.05, 0.1) is 19.2 Å². The minimum atomic E-state index is -0.504. The molecule has 1 aliphatic rings. The van der Waals surface area contributed by atoms with E-state index in [1.165, 1.54) is 0 Å². The van der Waals surface area contributed by atoms with Crippen LogP contribution in [0.3, 0.4) is 0 Å². The van der Waals surface area contributed by atoms with Crippen LogP contribution in [0.15, 0.2) is 18.5 Å². The van der Waals surface area contributed by atoms with Gasteiger partial charge in [0.1, 0.15) is 24.4 Å². The maximum atomic E-state index is 12.3. The number of ether oxygens (including phenoxy) is 4. The molecule has 170 valence electrons. The number of benzene rings is 1. The van der Waals surface area contributed by atoms with E-state index in [9.17, 15) is 4.79 Å². The molecule has 1 aromatic carbocycles. The van der Waals surface area contributed by atoms with Gasteiger partial charge < -0.3 is 28.7 Å². The van der Waals surface area contributed by atoms with Crippen LogP contribution >= 0.6 is 0 Å². The minimum Gasteiger partial charge on any atom is -0.493 e. The maximum absolute atomic E-state index is 12.3. The Hall–Kier alpha value is -2.81. The van der Waals surface area contributed by atoms with Crippen molar-refractivity contribution in [2.45, 2.75) is 33.3 Å². The topological polar surface area (TPSA) is 86.3 Å². The van der Waals surface area contributed by atoms with Crippen LogP contribution in [0.5, 0.6) is 11.5 Å². The van der Waals surface area contributed by atoms with Gasteiger partial charge in [-0.1, -0.05) is 0 Å². The molecule has 3 rings (SSSR count). The molecule has 2 aromatic rings. The van der Waals surface area contributed by atoms with Crippen molar-refractivity contribution in [2.75, 3.05) is 58.0 Å². The summed E-state index contributed by atoms with van der Waals surface area (Å²) in [6.45, 7) is 11.6. The van der Waals surface area contributed by atoms with Gasteiger partial charge in [0.25, 0.3) is 0 Å². The Labute approximate surface area is 183 Å². The van der Waals surface area contributed by atoms with Crippen molar-refractivity contribution in [3.63, 3.8) is 0 Å². The maximum Gasteiger partial charge on any atom is 0.410 e. The first kappa shape index (κ1) is 22.9. The van der Waals surface area contributed by atoms with E-state index < -0.39 is 5.60 Å². The fourth-order valence-electron chi connectivity index (χ4n) is 3.36. The van der Waals surface area contributed by atoms with E-state index in [1.54, 1.807) is 18.3 Å². The second-order valence-corrected chi connectivity index (χ2v) is 8.22. The standard InChI is InChI=1S/C22H32N4O5/c1-6-29-11-12-30-19-14-17-16(13-18(19)28-5)20(24-15-23-17)25-7-9-26(10-8-25)21(27)31-22(2,3)4/h13-15H,6-12H2,1-5H3. The quantitative estimate of drug-likeness (QED) is 0.617. The van der Waals surface area contributed by atoms with Gasteiger partial charge in [-0.05, 0) is 33.8 Å². The van der Waals surface area contributed by atoms with E-state index in [0.29, 0.717) is 57.5 Å². The normalized spacial score (nSPS) is 14.6. The third-order valence-electron chi connectivity index (χ3n) is 4.82. The summed E-state index contributed by atoms with van der Waals surface area (Å²) in [5.74, 6) is 2.05. The number of fused-ring (bicyclic) bond motifs is 1. The molecule has 0 saturated carbocycles. The van der Waals surface area contributed by atoms with Crippen LogP contribution in [-0.4, -0.2) is 79.7 Å². The van der Waals surface area contributed by atoms with Crippen LogP contribution in [0, 0.1) is 0 Å². The number of amides is 1. The molecule has 0 atom stereocenters. The van der Waals surface area contributed by atoms with Crippen molar-refractivity contribution in [3.05, 3.63) is 18.5 Å². The predicted octanol–water partition coefficient (Wildman–Crippen LogP) is 3.11. The highest BCUT2D eigenvalue weighted by Gasteiger charge is 2.27. The zero-order valence-corrected chi connectivity index (χ0v) is 19.0. The lowest BCUT2D eigenvalue weighted by molar-refractivity contribution is 0.0240. The van der Waals surface area contributed by atoms with Crippen molar-refractivity contribution in [1.29, 1.82) is 0 Å². The summed E-state index contributed by atoms with van der Waals surface area (Å²) in [6.07, 6.45) is 1.27. The van der Waals surface area contributed by atoms with Crippen molar-refractivity contribution >= 4 is 22.8 Å². The first-order chi connectivity index (χ1) is 14.8. The first-order valence-electron chi connectivity index (χ1n) is 10.6. The van der Waals surface area contributed by atoms with Gasteiger partial charge in [0.2, 0.25) is 0 Å². The van der Waals surface area contributed by atoms with E-state index in [-0.39, 0.29) is 6.09 Å². The van der Waals surface area contributed by atoms with Crippen LogP contribution in [0.1, 0.15) is 27.7 Å². The number of aromatic nitrogens is 2. The van der Waals surface area contributed by atoms with Gasteiger partial charge in [0.15, 0.2) is 11.5 Å². The van der Waals surface area contributed by atoms with Gasteiger partial charge in [-0.3, -0.25) is 0 Å². The van der Waals surface area contributed by atoms with E-state index in [4.69, 9.17) is 18.9 Å². The number of hydrogen-bond donors (Lipinski definition) is 0. The molecule has 1 aliphatic heterocycles. The van der Waals surface area contributed by atoms with E-state index in [1.807, 2.05) is 39.8 Å². The molecule has 0 radical (unpaired) electrons. The summed E-state index contributed by atoms with van der Waals surface area (Å²) in [6, 6.07) is 3.77. The summed E-state index contributed by atoms with van der Waals surface area (Å²) < 4.78 is 22.2. The monoisotopic (exact) mass is 432 g/mol. The summed E-state index contributed by atoms with van der Waals surface area (Å²) >= 11 is 0. The van der Waals surface area contributed by atoms with Gasteiger partial charge in [0, 0.05) is 44.2 Å². The third-order valence-corrected chi connectivity index (χ3v) is 4.82. The molecule has 9 nitrogen and oxygen atoms in total. The molecule has 1 saturated heterocycles. The SMILES string of the molecule is CCOCCOc1cc2ncnc(N3CCN(C(=O)OC(C)(C)C)CC3)c2cc1OC. The number of anilines is 1. The molecule has 1 aromatic heterocycles. The number of rotatable bonds is 7. The molecular weight excluding hydrogens is 400 g/mol. The molecular formula is C22H32N4O5. The van der Waals surface area contributed by atoms with Crippen molar-refractivity contribution in [1.82, 2.24) is 14.9 Å². The van der Waals surface area contributed by atoms with Crippen LogP contribution in [0.2, 0.25) is 0 Å². The van der Waals surface area contributed by atoms with Crippen LogP contribution in [-0.2, 0) is 9.47 Å². The predicted molar refractivity (Wildman–Crippen MR) is 118 cm³/mol. The van der Waals surface area contributed by atoms with Crippen molar-refractivity contribution in [3.8, 4) is 11.5 Å². The highest BCUT2D eigenvalue weighted by Crippen LogP contribution is 2.35. The lowest BCUT2D eigenvalue weighted by Gasteiger charge is -2.36. The molecule has 31 heavy (non-hydrogen) atoms. The molecule has 0 unspecified atom stereocenters. The van der Waals surface area contributed by atoms with Crippen LogP contribution in [0.4, 0.5) is 10.6 Å². The van der Waals surface area contributed by atoms with Crippen LogP contribution in [0.25, 0.3) is 10.9 Å². The number of nitrogens with zero attached hydrogens (tertiary/aromatic N) is 4. The van der Waals surface area contributed by atoms with E-state index in [0.717, 1.165) is 16.7 Å². The molecule has 1 amide bonds. The van der Waals surface area contributed by atoms with E-state index >= 15 is 0 Å². The van der Waals surface area contributed by atoms with Gasteiger partial charge in [-0.25, -0.2) is 14.8 Å². The smallest absolute Gasteiger partial charge is 0.410 e. The average molecular weight is 433 g/mol. The minimum absolute atomic E-state index is 0.282. The van der Waals surface area contributed by atoms with Crippen molar-refractivity contribution in [2.24, 2.45) is 0 Å². The molecule has 0 N–H and O–H groups in total. The van der Waals surface area contributed by atoms with Crippen LogP contribution < -0.4 is 14.4 Å². The fourth-order valence-corrected chi connectivity index (χ4v) is 3.36. The lowest BCUT2D eigenvalue weighted by atomic mass is 10.2. The summed E-state index contributed by atoms with van der Waals surface area (Å²) in [4.78, 5) is 25.1. The molecule has 0 aliphatic carbocycles. The Morgan fingerprint density at radius 1 is 1.06 bits per heavy atom. The van der Waals surface area contributed by atoms with Gasteiger partial charge in [-0.15, -0.1) is 0 Å². The average Bonchev–Trinajstić information content (AvgIpc) is 2.74. The number of piperazine rings is 1. The summed E-state index contributed by atoms with van der Waals surface area (Å²) in [5.41, 5.74) is 0.266. The Kier molecular flexibility index (Phi) is 7.37. The Balaban J connectivity index is 1.75. The van der Waals surface area contributed by atoms with Gasteiger partial charge in [-0.2, -0.15) is 0 Å². The highest BCUT2D eigenvalue weighted by molar-refractivity contribution is 5.92. The number of carbonyl (C=O) groups excluding carboxylic acids is 1.